The summed E-state index contributed by atoms with van der Waals surface area (Å²) in [4.78, 5) is 2.37. The van der Waals surface area contributed by atoms with E-state index in [0.29, 0.717) is 11.5 Å². The van der Waals surface area contributed by atoms with Crippen LogP contribution >= 0.6 is 11.6 Å². The molecule has 0 saturated carbocycles. The Balaban J connectivity index is 2.47. The molecule has 0 aromatic heterocycles. The Morgan fingerprint density at radius 2 is 1.90 bits per heavy atom. The van der Waals surface area contributed by atoms with Gasteiger partial charge in [-0.3, -0.25) is 4.90 Å². The highest BCUT2D eigenvalue weighted by Gasteiger charge is 2.18. The Hall–Kier alpha value is -0.570. The molecule has 1 atom stereocenters. The van der Waals surface area contributed by atoms with Gasteiger partial charge in [0.1, 0.15) is 0 Å². The molecule has 1 aromatic rings. The fourth-order valence-corrected chi connectivity index (χ4v) is 2.86. The summed E-state index contributed by atoms with van der Waals surface area (Å²) in [5.74, 6) is 0. The first-order chi connectivity index (χ1) is 9.37. The second-order valence-corrected chi connectivity index (χ2v) is 6.89. The molecule has 1 unspecified atom stereocenters. The molecule has 0 radical (unpaired) electrons. The summed E-state index contributed by atoms with van der Waals surface area (Å²) in [6.07, 6.45) is 3.50. The van der Waals surface area contributed by atoms with Crippen LogP contribution in [-0.4, -0.2) is 25.0 Å². The van der Waals surface area contributed by atoms with Gasteiger partial charge in [0.15, 0.2) is 0 Å². The molecule has 2 N–H and O–H groups in total. The van der Waals surface area contributed by atoms with Crippen LogP contribution in [0.15, 0.2) is 24.3 Å². The molecule has 0 aliphatic heterocycles. The minimum Gasteiger partial charge on any atom is -0.330 e. The maximum Gasteiger partial charge on any atom is 0.0453 e. The van der Waals surface area contributed by atoms with Crippen molar-refractivity contribution in [1.29, 1.82) is 0 Å². The predicted octanol–water partition coefficient (Wildman–Crippen LogP) is 4.49. The largest absolute Gasteiger partial charge is 0.330 e. The van der Waals surface area contributed by atoms with Crippen LogP contribution in [0, 0.1) is 5.41 Å². The molecule has 0 fully saturated rings. The molecule has 3 heteroatoms. The molecule has 0 aliphatic rings. The lowest BCUT2D eigenvalue weighted by molar-refractivity contribution is 0.227. The monoisotopic (exact) mass is 296 g/mol. The number of nitrogens with two attached hydrogens (primary N) is 1. The van der Waals surface area contributed by atoms with E-state index in [1.807, 2.05) is 12.1 Å². The molecule has 1 aromatic carbocycles. The van der Waals surface area contributed by atoms with Crippen LogP contribution in [0.5, 0.6) is 0 Å². The SMILES string of the molecule is CC(c1ccccc1Cl)N(C)CCCC(C)(C)CCN. The minimum atomic E-state index is 0.348. The van der Waals surface area contributed by atoms with Gasteiger partial charge in [-0.05, 0) is 63.4 Å². The third-order valence-electron chi connectivity index (χ3n) is 4.20. The van der Waals surface area contributed by atoms with Gasteiger partial charge in [0.2, 0.25) is 0 Å². The van der Waals surface area contributed by atoms with E-state index in [2.05, 4.69) is 44.9 Å². The van der Waals surface area contributed by atoms with Gasteiger partial charge in [-0.2, -0.15) is 0 Å². The average Bonchev–Trinajstić information content (AvgIpc) is 2.38. The van der Waals surface area contributed by atoms with Crippen LogP contribution in [0.4, 0.5) is 0 Å². The third-order valence-corrected chi connectivity index (χ3v) is 4.55. The van der Waals surface area contributed by atoms with Crippen molar-refractivity contribution in [2.24, 2.45) is 11.1 Å². The Kier molecular flexibility index (Phi) is 7.01. The zero-order chi connectivity index (χ0) is 15.2. The van der Waals surface area contributed by atoms with E-state index in [4.69, 9.17) is 17.3 Å². The first-order valence-electron chi connectivity index (χ1n) is 7.52. The number of nitrogens with zero attached hydrogens (tertiary/aromatic N) is 1. The third kappa shape index (κ3) is 5.43. The fourth-order valence-electron chi connectivity index (χ4n) is 2.57. The predicted molar refractivity (Wildman–Crippen MR) is 89.2 cm³/mol. The first-order valence-corrected chi connectivity index (χ1v) is 7.90. The summed E-state index contributed by atoms with van der Waals surface area (Å²) in [5, 5.41) is 0.857. The molecule has 0 spiro atoms. The van der Waals surface area contributed by atoms with E-state index in [0.717, 1.165) is 24.5 Å². The summed E-state index contributed by atoms with van der Waals surface area (Å²) in [5.41, 5.74) is 7.22. The summed E-state index contributed by atoms with van der Waals surface area (Å²) in [6.45, 7) is 8.68. The van der Waals surface area contributed by atoms with Crippen molar-refractivity contribution in [2.45, 2.75) is 46.1 Å². The summed E-state index contributed by atoms with van der Waals surface area (Å²) < 4.78 is 0. The lowest BCUT2D eigenvalue weighted by Gasteiger charge is -2.28. The molecule has 0 saturated heterocycles. The van der Waals surface area contributed by atoms with Gasteiger partial charge in [-0.15, -0.1) is 0 Å². The number of benzene rings is 1. The highest BCUT2D eigenvalue weighted by atomic mass is 35.5. The zero-order valence-electron chi connectivity index (χ0n) is 13.3. The van der Waals surface area contributed by atoms with Crippen molar-refractivity contribution < 1.29 is 0 Å². The van der Waals surface area contributed by atoms with E-state index in [-0.39, 0.29) is 0 Å². The lowest BCUT2D eigenvalue weighted by atomic mass is 9.84. The Morgan fingerprint density at radius 1 is 1.25 bits per heavy atom. The van der Waals surface area contributed by atoms with Gasteiger partial charge >= 0.3 is 0 Å². The molecule has 0 amide bonds. The Morgan fingerprint density at radius 3 is 2.50 bits per heavy atom. The molecule has 0 aliphatic carbocycles. The van der Waals surface area contributed by atoms with Crippen molar-refractivity contribution in [3.8, 4) is 0 Å². The van der Waals surface area contributed by atoms with E-state index in [1.54, 1.807) is 0 Å². The van der Waals surface area contributed by atoms with Crippen molar-refractivity contribution in [3.63, 3.8) is 0 Å². The van der Waals surface area contributed by atoms with Crippen LogP contribution in [0.1, 0.15) is 51.6 Å². The molecule has 20 heavy (non-hydrogen) atoms. The quantitative estimate of drug-likeness (QED) is 0.766. The molecular formula is C17H29ClN2. The minimum absolute atomic E-state index is 0.348. The normalized spacial score (nSPS) is 13.8. The molecule has 114 valence electrons. The average molecular weight is 297 g/mol. The fraction of sp³-hybridized carbons (Fsp3) is 0.647. The van der Waals surface area contributed by atoms with Gasteiger partial charge in [0, 0.05) is 11.1 Å². The number of rotatable bonds is 8. The van der Waals surface area contributed by atoms with E-state index in [1.165, 1.54) is 18.4 Å². The highest BCUT2D eigenvalue weighted by Crippen LogP contribution is 2.29. The topological polar surface area (TPSA) is 29.3 Å². The first kappa shape index (κ1) is 17.5. The summed E-state index contributed by atoms with van der Waals surface area (Å²) >= 11 is 6.27. The van der Waals surface area contributed by atoms with Crippen LogP contribution in [0.2, 0.25) is 5.02 Å². The molecule has 1 rings (SSSR count). The van der Waals surface area contributed by atoms with Gasteiger partial charge in [-0.25, -0.2) is 0 Å². The van der Waals surface area contributed by atoms with Gasteiger partial charge in [0.25, 0.3) is 0 Å². The highest BCUT2D eigenvalue weighted by molar-refractivity contribution is 6.31. The Bertz CT molecular complexity index is 404. The van der Waals surface area contributed by atoms with Gasteiger partial charge in [-0.1, -0.05) is 43.6 Å². The van der Waals surface area contributed by atoms with E-state index < -0.39 is 0 Å². The maximum absolute atomic E-state index is 6.27. The van der Waals surface area contributed by atoms with Crippen LogP contribution in [-0.2, 0) is 0 Å². The molecular weight excluding hydrogens is 268 g/mol. The molecule has 2 nitrogen and oxygen atoms in total. The van der Waals surface area contributed by atoms with Crippen molar-refractivity contribution in [1.82, 2.24) is 4.90 Å². The second kappa shape index (κ2) is 8.02. The van der Waals surface area contributed by atoms with Gasteiger partial charge in [0.05, 0.1) is 0 Å². The standard InChI is InChI=1S/C17H29ClN2/c1-14(15-8-5-6-9-16(15)18)20(4)13-7-10-17(2,3)11-12-19/h5-6,8-9,14H,7,10-13,19H2,1-4H3. The number of hydrogen-bond donors (Lipinski definition) is 1. The second-order valence-electron chi connectivity index (χ2n) is 6.48. The maximum atomic E-state index is 6.27. The van der Waals surface area contributed by atoms with Crippen LogP contribution < -0.4 is 5.73 Å². The van der Waals surface area contributed by atoms with Crippen molar-refractivity contribution in [3.05, 3.63) is 34.9 Å². The van der Waals surface area contributed by atoms with Crippen LogP contribution in [0.25, 0.3) is 0 Å². The summed E-state index contributed by atoms with van der Waals surface area (Å²) in [6, 6.07) is 8.46. The zero-order valence-corrected chi connectivity index (χ0v) is 14.1. The summed E-state index contributed by atoms with van der Waals surface area (Å²) in [7, 11) is 2.17. The smallest absolute Gasteiger partial charge is 0.0453 e. The van der Waals surface area contributed by atoms with Gasteiger partial charge < -0.3 is 5.73 Å². The Labute approximate surface area is 129 Å². The number of halogens is 1. The van der Waals surface area contributed by atoms with Crippen molar-refractivity contribution in [2.75, 3.05) is 20.1 Å². The molecule has 0 heterocycles. The van der Waals surface area contributed by atoms with Crippen molar-refractivity contribution >= 4 is 11.6 Å². The molecule has 0 bridgehead atoms. The lowest BCUT2D eigenvalue weighted by Crippen LogP contribution is -2.25. The number of hydrogen-bond acceptors (Lipinski definition) is 2. The van der Waals surface area contributed by atoms with Crippen LogP contribution in [0.3, 0.4) is 0 Å². The van der Waals surface area contributed by atoms with E-state index >= 15 is 0 Å². The van der Waals surface area contributed by atoms with E-state index in [9.17, 15) is 0 Å².